The maximum absolute atomic E-state index is 12.3. The molecule has 138 valence electrons. The number of benzene rings is 2. The summed E-state index contributed by atoms with van der Waals surface area (Å²) in [6, 6.07) is 18.3. The van der Waals surface area contributed by atoms with Gasteiger partial charge >= 0.3 is 0 Å². The molecule has 1 N–H and O–H groups in total. The second-order valence-electron chi connectivity index (χ2n) is 6.33. The minimum absolute atomic E-state index is 0.205. The molecule has 1 aromatic heterocycles. The molecule has 0 aliphatic carbocycles. The van der Waals surface area contributed by atoms with Gasteiger partial charge in [-0.05, 0) is 43.5 Å². The molecule has 5 nitrogen and oxygen atoms in total. The van der Waals surface area contributed by atoms with Gasteiger partial charge in [0, 0.05) is 18.8 Å². The molecular formula is C22H24N4O. The fourth-order valence-corrected chi connectivity index (χ4v) is 2.91. The number of carbonyl (C=O) groups is 1. The van der Waals surface area contributed by atoms with Crippen LogP contribution >= 0.6 is 0 Å². The summed E-state index contributed by atoms with van der Waals surface area (Å²) >= 11 is 0. The van der Waals surface area contributed by atoms with E-state index in [4.69, 9.17) is 0 Å². The minimum Gasteiger partial charge on any atom is -0.350 e. The highest BCUT2D eigenvalue weighted by molar-refractivity contribution is 5.92. The van der Waals surface area contributed by atoms with Crippen molar-refractivity contribution < 1.29 is 4.79 Å². The van der Waals surface area contributed by atoms with Crippen LogP contribution in [0.3, 0.4) is 0 Å². The minimum atomic E-state index is -0.205. The van der Waals surface area contributed by atoms with Gasteiger partial charge < -0.3 is 10.2 Å². The molecule has 3 rings (SSSR count). The Morgan fingerprint density at radius 1 is 1.04 bits per heavy atom. The van der Waals surface area contributed by atoms with Crippen molar-refractivity contribution in [2.24, 2.45) is 0 Å². The topological polar surface area (TPSA) is 58.1 Å². The first-order valence-corrected chi connectivity index (χ1v) is 9.15. The number of hydrogen-bond donors (Lipinski definition) is 1. The first kappa shape index (κ1) is 18.6. The normalized spacial score (nSPS) is 10.4. The quantitative estimate of drug-likeness (QED) is 0.694. The number of rotatable bonds is 7. The van der Waals surface area contributed by atoms with Crippen molar-refractivity contribution in [2.45, 2.75) is 20.3 Å². The molecule has 0 fully saturated rings. The molecule has 1 heterocycles. The van der Waals surface area contributed by atoms with E-state index in [0.29, 0.717) is 12.2 Å². The average molecular weight is 360 g/mol. The van der Waals surface area contributed by atoms with Crippen LogP contribution in [0.2, 0.25) is 0 Å². The lowest BCUT2D eigenvalue weighted by atomic mass is 10.1. The lowest BCUT2D eigenvalue weighted by Gasteiger charge is -2.22. The summed E-state index contributed by atoms with van der Waals surface area (Å²) in [6.45, 7) is 5.46. The Morgan fingerprint density at radius 2 is 1.85 bits per heavy atom. The van der Waals surface area contributed by atoms with Gasteiger partial charge in [0.25, 0.3) is 5.91 Å². The van der Waals surface area contributed by atoms with Crippen LogP contribution in [0.25, 0.3) is 0 Å². The highest BCUT2D eigenvalue weighted by atomic mass is 16.1. The van der Waals surface area contributed by atoms with E-state index in [1.807, 2.05) is 42.5 Å². The Hall–Kier alpha value is -3.21. The number of amides is 1. The standard InChI is InChI=1S/C22H24N4O/c1-3-26(19-11-7-8-17(2)14-19)21-16-24-20(15-25-21)22(27)23-13-12-18-9-5-4-6-10-18/h4-11,14-16H,3,12-13H2,1-2H3,(H,23,27). The van der Waals surface area contributed by atoms with Crippen LogP contribution in [-0.2, 0) is 6.42 Å². The van der Waals surface area contributed by atoms with E-state index in [1.165, 1.54) is 17.3 Å². The van der Waals surface area contributed by atoms with Crippen LogP contribution in [0.5, 0.6) is 0 Å². The van der Waals surface area contributed by atoms with Gasteiger partial charge in [-0.15, -0.1) is 0 Å². The first-order valence-electron chi connectivity index (χ1n) is 9.15. The zero-order valence-corrected chi connectivity index (χ0v) is 15.7. The summed E-state index contributed by atoms with van der Waals surface area (Å²) < 4.78 is 0. The lowest BCUT2D eigenvalue weighted by molar-refractivity contribution is 0.0949. The highest BCUT2D eigenvalue weighted by Gasteiger charge is 2.12. The van der Waals surface area contributed by atoms with Crippen molar-refractivity contribution in [1.82, 2.24) is 15.3 Å². The molecule has 0 spiro atoms. The molecule has 0 aliphatic heterocycles. The van der Waals surface area contributed by atoms with Gasteiger partial charge in [-0.1, -0.05) is 42.5 Å². The monoisotopic (exact) mass is 360 g/mol. The summed E-state index contributed by atoms with van der Waals surface area (Å²) in [4.78, 5) is 23.1. The third kappa shape index (κ3) is 4.91. The van der Waals surface area contributed by atoms with Crippen molar-refractivity contribution in [3.63, 3.8) is 0 Å². The maximum atomic E-state index is 12.3. The van der Waals surface area contributed by atoms with E-state index in [0.717, 1.165) is 24.5 Å². The molecule has 0 aliphatic rings. The molecule has 1 amide bonds. The third-order valence-electron chi connectivity index (χ3n) is 4.32. The summed E-state index contributed by atoms with van der Waals surface area (Å²) in [5, 5.41) is 2.89. The number of carbonyl (C=O) groups excluding carboxylic acids is 1. The first-order chi connectivity index (χ1) is 13.2. The molecule has 0 saturated carbocycles. The number of nitrogens with zero attached hydrogens (tertiary/aromatic N) is 3. The van der Waals surface area contributed by atoms with Crippen LogP contribution in [-0.4, -0.2) is 29.0 Å². The summed E-state index contributed by atoms with van der Waals surface area (Å²) in [7, 11) is 0. The summed E-state index contributed by atoms with van der Waals surface area (Å²) in [5.74, 6) is 0.521. The van der Waals surface area contributed by atoms with Gasteiger partial charge in [-0.25, -0.2) is 9.97 Å². The average Bonchev–Trinajstić information content (AvgIpc) is 2.70. The molecule has 3 aromatic rings. The predicted octanol–water partition coefficient (Wildman–Crippen LogP) is 3.92. The Bertz CT molecular complexity index is 878. The molecule has 2 aromatic carbocycles. The van der Waals surface area contributed by atoms with Gasteiger partial charge in [0.05, 0.1) is 12.4 Å². The van der Waals surface area contributed by atoms with E-state index in [1.54, 1.807) is 6.20 Å². The van der Waals surface area contributed by atoms with Crippen LogP contribution in [0.4, 0.5) is 11.5 Å². The van der Waals surface area contributed by atoms with Gasteiger partial charge in [0.15, 0.2) is 5.82 Å². The summed E-state index contributed by atoms with van der Waals surface area (Å²) in [5.41, 5.74) is 3.77. The van der Waals surface area contributed by atoms with E-state index >= 15 is 0 Å². The van der Waals surface area contributed by atoms with E-state index in [-0.39, 0.29) is 5.91 Å². The summed E-state index contributed by atoms with van der Waals surface area (Å²) in [6.07, 6.45) is 3.97. The number of aromatic nitrogens is 2. The molecular weight excluding hydrogens is 336 g/mol. The van der Waals surface area contributed by atoms with E-state index in [2.05, 4.69) is 46.2 Å². The fraction of sp³-hybridized carbons (Fsp3) is 0.227. The van der Waals surface area contributed by atoms with Crippen LogP contribution in [0.1, 0.15) is 28.5 Å². The molecule has 5 heteroatoms. The lowest BCUT2D eigenvalue weighted by Crippen LogP contribution is -2.27. The van der Waals surface area contributed by atoms with Gasteiger partial charge in [0.2, 0.25) is 0 Å². The van der Waals surface area contributed by atoms with Gasteiger partial charge in [-0.2, -0.15) is 0 Å². The molecule has 0 saturated heterocycles. The second kappa shape index (κ2) is 8.94. The number of aryl methyl sites for hydroxylation is 1. The van der Waals surface area contributed by atoms with Crippen molar-refractivity contribution in [1.29, 1.82) is 0 Å². The second-order valence-corrected chi connectivity index (χ2v) is 6.33. The van der Waals surface area contributed by atoms with Crippen molar-refractivity contribution >= 4 is 17.4 Å². The SMILES string of the molecule is CCN(c1cccc(C)c1)c1cnc(C(=O)NCCc2ccccc2)cn1. The van der Waals surface area contributed by atoms with E-state index in [9.17, 15) is 4.79 Å². The smallest absolute Gasteiger partial charge is 0.271 e. The van der Waals surface area contributed by atoms with Crippen LogP contribution < -0.4 is 10.2 Å². The zero-order valence-electron chi connectivity index (χ0n) is 15.7. The molecule has 0 atom stereocenters. The Labute approximate surface area is 160 Å². The van der Waals surface area contributed by atoms with Crippen LogP contribution in [0.15, 0.2) is 67.0 Å². The maximum Gasteiger partial charge on any atom is 0.271 e. The van der Waals surface area contributed by atoms with Crippen molar-refractivity contribution in [3.05, 3.63) is 83.8 Å². The van der Waals surface area contributed by atoms with Crippen molar-refractivity contribution in [3.8, 4) is 0 Å². The highest BCUT2D eigenvalue weighted by Crippen LogP contribution is 2.23. The largest absolute Gasteiger partial charge is 0.350 e. The Balaban J connectivity index is 1.62. The number of anilines is 2. The molecule has 0 bridgehead atoms. The van der Waals surface area contributed by atoms with Gasteiger partial charge in [-0.3, -0.25) is 4.79 Å². The third-order valence-corrected chi connectivity index (χ3v) is 4.32. The zero-order chi connectivity index (χ0) is 19.1. The van der Waals surface area contributed by atoms with Crippen LogP contribution in [0, 0.1) is 6.92 Å². The molecule has 0 unspecified atom stereocenters. The molecule has 0 radical (unpaired) electrons. The Morgan fingerprint density at radius 3 is 2.52 bits per heavy atom. The Kier molecular flexibility index (Phi) is 6.15. The van der Waals surface area contributed by atoms with Crippen molar-refractivity contribution in [2.75, 3.05) is 18.0 Å². The predicted molar refractivity (Wildman–Crippen MR) is 108 cm³/mol. The molecule has 27 heavy (non-hydrogen) atoms. The van der Waals surface area contributed by atoms with E-state index < -0.39 is 0 Å². The number of hydrogen-bond acceptors (Lipinski definition) is 4. The fourth-order valence-electron chi connectivity index (χ4n) is 2.91. The van der Waals surface area contributed by atoms with Gasteiger partial charge in [0.1, 0.15) is 5.69 Å². The number of nitrogens with one attached hydrogen (secondary N) is 1.